The molecule has 1 aliphatic rings. The number of benzene rings is 3. The summed E-state index contributed by atoms with van der Waals surface area (Å²) in [5, 5.41) is 0. The van der Waals surface area contributed by atoms with E-state index in [1.165, 1.54) is 17.0 Å². The third-order valence-electron chi connectivity index (χ3n) is 6.11. The molecule has 1 saturated heterocycles. The average molecular weight is 459 g/mol. The Morgan fingerprint density at radius 3 is 2.32 bits per heavy atom. The van der Waals surface area contributed by atoms with Crippen LogP contribution in [-0.2, 0) is 16.1 Å². The van der Waals surface area contributed by atoms with E-state index in [1.807, 2.05) is 25.1 Å². The fraction of sp³-hybridized carbons (Fsp3) is 0.250. The van der Waals surface area contributed by atoms with Crippen molar-refractivity contribution >= 4 is 23.4 Å². The third-order valence-corrected chi connectivity index (χ3v) is 6.11. The van der Waals surface area contributed by atoms with Crippen molar-refractivity contribution in [2.75, 3.05) is 4.90 Å². The standard InChI is InChI=1S/C28H27FN2O3/c1-18(2)21-9-13-24(14-10-21)31-26(32)16-25(28(31)34)30(17-20-7-11-23(29)12-8-20)27(33)22-6-4-5-19(3)15-22/h4-15,18,25H,16-17H2,1-3H3. The average Bonchev–Trinajstić information content (AvgIpc) is 3.11. The SMILES string of the molecule is Cc1cccc(C(=O)N(Cc2ccc(F)cc2)C2CC(=O)N(c3ccc(C(C)C)cc3)C2=O)c1. The van der Waals surface area contributed by atoms with E-state index >= 15 is 0 Å². The van der Waals surface area contributed by atoms with Gasteiger partial charge in [0.1, 0.15) is 11.9 Å². The van der Waals surface area contributed by atoms with Gasteiger partial charge >= 0.3 is 0 Å². The van der Waals surface area contributed by atoms with Crippen molar-refractivity contribution in [3.63, 3.8) is 0 Å². The quantitative estimate of drug-likeness (QED) is 0.475. The minimum atomic E-state index is -0.949. The van der Waals surface area contributed by atoms with Crippen molar-refractivity contribution in [2.45, 2.75) is 45.7 Å². The molecule has 1 aliphatic heterocycles. The zero-order chi connectivity index (χ0) is 24.4. The minimum Gasteiger partial charge on any atom is -0.322 e. The van der Waals surface area contributed by atoms with Crippen LogP contribution in [0.3, 0.4) is 0 Å². The molecule has 1 fully saturated rings. The van der Waals surface area contributed by atoms with Crippen molar-refractivity contribution in [1.29, 1.82) is 0 Å². The summed E-state index contributed by atoms with van der Waals surface area (Å²) in [6, 6.07) is 19.3. The Labute approximate surface area is 198 Å². The predicted molar refractivity (Wildman–Crippen MR) is 129 cm³/mol. The highest BCUT2D eigenvalue weighted by atomic mass is 19.1. The molecule has 5 nitrogen and oxygen atoms in total. The summed E-state index contributed by atoms with van der Waals surface area (Å²) >= 11 is 0. The van der Waals surface area contributed by atoms with Crippen LogP contribution < -0.4 is 4.90 Å². The number of aryl methyl sites for hydroxylation is 1. The summed E-state index contributed by atoms with van der Waals surface area (Å²) in [5.41, 5.74) is 3.61. The number of anilines is 1. The molecule has 0 N–H and O–H groups in total. The van der Waals surface area contributed by atoms with Gasteiger partial charge in [0, 0.05) is 12.1 Å². The first kappa shape index (κ1) is 23.4. The highest BCUT2D eigenvalue weighted by Crippen LogP contribution is 2.29. The Kier molecular flexibility index (Phi) is 6.59. The number of hydrogen-bond acceptors (Lipinski definition) is 3. The number of nitrogens with zero attached hydrogens (tertiary/aromatic N) is 2. The highest BCUT2D eigenvalue weighted by Gasteiger charge is 2.44. The summed E-state index contributed by atoms with van der Waals surface area (Å²) in [6.45, 7) is 6.10. The number of rotatable bonds is 6. The van der Waals surface area contributed by atoms with Gasteiger partial charge in [-0.1, -0.05) is 55.8 Å². The molecule has 3 aromatic rings. The van der Waals surface area contributed by atoms with Gasteiger partial charge in [-0.25, -0.2) is 9.29 Å². The molecule has 174 valence electrons. The van der Waals surface area contributed by atoms with E-state index in [4.69, 9.17) is 0 Å². The number of carbonyl (C=O) groups excluding carboxylic acids is 3. The fourth-order valence-corrected chi connectivity index (χ4v) is 4.19. The molecular formula is C28H27FN2O3. The molecule has 3 aromatic carbocycles. The Balaban J connectivity index is 1.67. The number of amides is 3. The molecule has 0 radical (unpaired) electrons. The zero-order valence-corrected chi connectivity index (χ0v) is 19.5. The molecule has 34 heavy (non-hydrogen) atoms. The molecule has 1 atom stereocenters. The van der Waals surface area contributed by atoms with E-state index in [9.17, 15) is 18.8 Å². The second-order valence-corrected chi connectivity index (χ2v) is 8.96. The number of halogens is 1. The molecule has 0 bridgehead atoms. The highest BCUT2D eigenvalue weighted by molar-refractivity contribution is 6.23. The van der Waals surface area contributed by atoms with Crippen LogP contribution in [-0.4, -0.2) is 28.7 Å². The molecule has 0 aliphatic carbocycles. The van der Waals surface area contributed by atoms with E-state index in [0.717, 1.165) is 16.0 Å². The van der Waals surface area contributed by atoms with E-state index < -0.39 is 11.9 Å². The van der Waals surface area contributed by atoms with Gasteiger partial charge in [0.05, 0.1) is 12.1 Å². The third kappa shape index (κ3) is 4.76. The van der Waals surface area contributed by atoms with Crippen LogP contribution in [0, 0.1) is 12.7 Å². The Morgan fingerprint density at radius 2 is 1.71 bits per heavy atom. The molecule has 1 heterocycles. The lowest BCUT2D eigenvalue weighted by Crippen LogP contribution is -2.45. The van der Waals surface area contributed by atoms with Crippen molar-refractivity contribution in [2.24, 2.45) is 0 Å². The summed E-state index contributed by atoms with van der Waals surface area (Å²) in [5.74, 6) is -1.21. The molecule has 0 spiro atoms. The molecule has 0 saturated carbocycles. The van der Waals surface area contributed by atoms with Gasteiger partial charge in [-0.3, -0.25) is 14.4 Å². The van der Waals surface area contributed by atoms with Gasteiger partial charge in [0.2, 0.25) is 5.91 Å². The largest absolute Gasteiger partial charge is 0.322 e. The minimum absolute atomic E-state index is 0.0802. The maximum absolute atomic E-state index is 13.5. The van der Waals surface area contributed by atoms with Crippen LogP contribution in [0.15, 0.2) is 72.8 Å². The van der Waals surface area contributed by atoms with E-state index in [-0.39, 0.29) is 30.6 Å². The summed E-state index contributed by atoms with van der Waals surface area (Å²) in [6.07, 6.45) is -0.108. The number of imide groups is 1. The molecule has 1 unspecified atom stereocenters. The molecule has 3 amide bonds. The second kappa shape index (κ2) is 9.59. The van der Waals surface area contributed by atoms with Gasteiger partial charge < -0.3 is 4.90 Å². The Bertz CT molecular complexity index is 1220. The lowest BCUT2D eigenvalue weighted by Gasteiger charge is -2.28. The molecule has 0 aromatic heterocycles. The van der Waals surface area contributed by atoms with Crippen molar-refractivity contribution in [1.82, 2.24) is 4.90 Å². The van der Waals surface area contributed by atoms with Gasteiger partial charge in [0.25, 0.3) is 11.8 Å². The van der Waals surface area contributed by atoms with Crippen molar-refractivity contribution in [3.05, 3.63) is 101 Å². The maximum atomic E-state index is 13.5. The van der Waals surface area contributed by atoms with Crippen LogP contribution in [0.4, 0.5) is 10.1 Å². The first-order valence-electron chi connectivity index (χ1n) is 11.3. The smallest absolute Gasteiger partial charge is 0.257 e. The topological polar surface area (TPSA) is 57.7 Å². The monoisotopic (exact) mass is 458 g/mol. The van der Waals surface area contributed by atoms with Gasteiger partial charge in [-0.15, -0.1) is 0 Å². The Morgan fingerprint density at radius 1 is 1.03 bits per heavy atom. The lowest BCUT2D eigenvalue weighted by molar-refractivity contribution is -0.122. The van der Waals surface area contributed by atoms with Crippen molar-refractivity contribution in [3.8, 4) is 0 Å². The molecular weight excluding hydrogens is 431 g/mol. The van der Waals surface area contributed by atoms with Crippen LogP contribution in [0.25, 0.3) is 0 Å². The Hall–Kier alpha value is -3.80. The summed E-state index contributed by atoms with van der Waals surface area (Å²) in [4.78, 5) is 42.5. The number of carbonyl (C=O) groups is 3. The first-order valence-corrected chi connectivity index (χ1v) is 11.3. The van der Waals surface area contributed by atoms with Crippen molar-refractivity contribution < 1.29 is 18.8 Å². The number of hydrogen-bond donors (Lipinski definition) is 0. The molecule has 4 rings (SSSR count). The van der Waals surface area contributed by atoms with Crippen LogP contribution in [0.1, 0.15) is 53.2 Å². The fourth-order valence-electron chi connectivity index (χ4n) is 4.19. The van der Waals surface area contributed by atoms with Gasteiger partial charge in [-0.2, -0.15) is 0 Å². The van der Waals surface area contributed by atoms with Gasteiger partial charge in [0.15, 0.2) is 0 Å². The lowest BCUT2D eigenvalue weighted by atomic mass is 10.0. The summed E-state index contributed by atoms with van der Waals surface area (Å²) in [7, 11) is 0. The predicted octanol–water partition coefficient (Wildman–Crippen LogP) is 5.23. The normalized spacial score (nSPS) is 15.8. The van der Waals surface area contributed by atoms with Crippen LogP contribution in [0.5, 0.6) is 0 Å². The van der Waals surface area contributed by atoms with E-state index in [1.54, 1.807) is 42.5 Å². The van der Waals surface area contributed by atoms with E-state index in [0.29, 0.717) is 22.7 Å². The molecule has 6 heteroatoms. The van der Waals surface area contributed by atoms with Crippen LogP contribution in [0.2, 0.25) is 0 Å². The summed E-state index contributed by atoms with van der Waals surface area (Å²) < 4.78 is 13.4. The second-order valence-electron chi connectivity index (χ2n) is 8.96. The van der Waals surface area contributed by atoms with Crippen LogP contribution >= 0.6 is 0 Å². The zero-order valence-electron chi connectivity index (χ0n) is 19.5. The van der Waals surface area contributed by atoms with Gasteiger partial charge in [-0.05, 0) is 60.4 Å². The maximum Gasteiger partial charge on any atom is 0.257 e. The first-order chi connectivity index (χ1) is 16.2. The van der Waals surface area contributed by atoms with E-state index in [2.05, 4.69) is 13.8 Å².